The molecule has 6 nitrogen and oxygen atoms in total. The first-order valence-corrected chi connectivity index (χ1v) is 8.54. The lowest BCUT2D eigenvalue weighted by molar-refractivity contribution is -0.120. The van der Waals surface area contributed by atoms with E-state index in [9.17, 15) is 4.79 Å². The molecular weight excluding hydrogens is 304 g/mol. The van der Waals surface area contributed by atoms with Crippen molar-refractivity contribution in [1.29, 1.82) is 0 Å². The van der Waals surface area contributed by atoms with E-state index in [0.29, 0.717) is 25.7 Å². The Labute approximate surface area is 145 Å². The monoisotopic (exact) mass is 334 g/mol. The highest BCUT2D eigenvalue weighted by Crippen LogP contribution is 2.20. The van der Waals surface area contributed by atoms with Gasteiger partial charge in [0.2, 0.25) is 5.91 Å². The number of rotatable bonds is 9. The summed E-state index contributed by atoms with van der Waals surface area (Å²) in [6, 6.07) is 6.15. The third kappa shape index (κ3) is 7.35. The number of ether oxygens (including phenoxy) is 1. The molecule has 0 aliphatic carbocycles. The Bertz CT molecular complexity index is 544. The summed E-state index contributed by atoms with van der Waals surface area (Å²) in [5.74, 6) is 1.44. The molecule has 1 aromatic carbocycles. The number of guanidine groups is 1. The fourth-order valence-electron chi connectivity index (χ4n) is 2.04. The molecule has 0 saturated heterocycles. The number of carbonyl (C=O) groups excluding carboxylic acids is 1. The lowest BCUT2D eigenvalue weighted by atomic mass is 10.1. The molecule has 134 valence electrons. The van der Waals surface area contributed by atoms with Crippen molar-refractivity contribution in [2.45, 2.75) is 40.2 Å². The molecule has 0 unspecified atom stereocenters. The minimum absolute atomic E-state index is 0.0397. The number of hydrogen-bond acceptors (Lipinski definition) is 3. The van der Waals surface area contributed by atoms with Gasteiger partial charge in [0.1, 0.15) is 5.75 Å². The van der Waals surface area contributed by atoms with Gasteiger partial charge in [0.25, 0.3) is 0 Å². The van der Waals surface area contributed by atoms with Gasteiger partial charge in [0.15, 0.2) is 5.96 Å². The van der Waals surface area contributed by atoms with E-state index in [1.54, 1.807) is 7.05 Å². The van der Waals surface area contributed by atoms with Crippen molar-refractivity contribution in [3.63, 3.8) is 0 Å². The average molecular weight is 334 g/mol. The second kappa shape index (κ2) is 11.3. The van der Waals surface area contributed by atoms with Crippen LogP contribution in [0, 0.1) is 6.92 Å². The van der Waals surface area contributed by atoms with Crippen LogP contribution in [0.5, 0.6) is 5.75 Å². The van der Waals surface area contributed by atoms with Gasteiger partial charge in [0, 0.05) is 25.7 Å². The van der Waals surface area contributed by atoms with Crippen LogP contribution >= 0.6 is 0 Å². The van der Waals surface area contributed by atoms with Crippen molar-refractivity contribution in [3.05, 3.63) is 29.3 Å². The maximum absolute atomic E-state index is 11.6. The van der Waals surface area contributed by atoms with Gasteiger partial charge in [-0.15, -0.1) is 0 Å². The number of aryl methyl sites for hydroxylation is 1. The maximum Gasteiger partial charge on any atom is 0.239 e. The molecule has 0 aromatic heterocycles. The Morgan fingerprint density at radius 2 is 1.96 bits per heavy atom. The van der Waals surface area contributed by atoms with E-state index >= 15 is 0 Å². The highest BCUT2D eigenvalue weighted by Gasteiger charge is 2.07. The van der Waals surface area contributed by atoms with Gasteiger partial charge in [-0.2, -0.15) is 0 Å². The molecule has 1 aromatic rings. The maximum atomic E-state index is 11.6. The van der Waals surface area contributed by atoms with Crippen molar-refractivity contribution >= 4 is 11.9 Å². The second-order valence-electron chi connectivity index (χ2n) is 5.59. The van der Waals surface area contributed by atoms with Crippen LogP contribution in [0.25, 0.3) is 0 Å². The minimum atomic E-state index is -0.0397. The number of benzene rings is 1. The van der Waals surface area contributed by atoms with Crippen LogP contribution in [0.2, 0.25) is 0 Å². The average Bonchev–Trinajstić information content (AvgIpc) is 2.59. The van der Waals surface area contributed by atoms with Gasteiger partial charge in [0.05, 0.1) is 13.2 Å². The van der Waals surface area contributed by atoms with E-state index in [0.717, 1.165) is 24.2 Å². The molecule has 1 amide bonds. The van der Waals surface area contributed by atoms with Crippen molar-refractivity contribution < 1.29 is 9.53 Å². The van der Waals surface area contributed by atoms with E-state index in [2.05, 4.69) is 40.0 Å². The van der Waals surface area contributed by atoms with E-state index in [1.807, 2.05) is 19.9 Å². The fraction of sp³-hybridized carbons (Fsp3) is 0.556. The van der Waals surface area contributed by atoms with Crippen LogP contribution in [0.4, 0.5) is 0 Å². The predicted molar refractivity (Wildman–Crippen MR) is 98.5 cm³/mol. The number of hydrogen-bond donors (Lipinski definition) is 3. The number of aliphatic imine (C=N–C) groups is 1. The zero-order valence-electron chi connectivity index (χ0n) is 15.2. The highest BCUT2D eigenvalue weighted by atomic mass is 16.5. The lowest BCUT2D eigenvalue weighted by Gasteiger charge is -2.15. The normalized spacial score (nSPS) is 11.1. The Morgan fingerprint density at radius 1 is 1.17 bits per heavy atom. The Balaban J connectivity index is 2.55. The van der Waals surface area contributed by atoms with Crippen molar-refractivity contribution in [1.82, 2.24) is 16.0 Å². The number of nitrogens with zero attached hydrogens (tertiary/aromatic N) is 1. The summed E-state index contributed by atoms with van der Waals surface area (Å²) in [4.78, 5) is 15.8. The van der Waals surface area contributed by atoms with Gasteiger partial charge in [-0.3, -0.25) is 9.79 Å². The Hall–Kier alpha value is -2.24. The summed E-state index contributed by atoms with van der Waals surface area (Å²) in [6.07, 6.45) is 1.89. The number of nitrogens with one attached hydrogen (secondary N) is 3. The summed E-state index contributed by atoms with van der Waals surface area (Å²) in [5.41, 5.74) is 2.23. The van der Waals surface area contributed by atoms with Crippen LogP contribution < -0.4 is 20.7 Å². The van der Waals surface area contributed by atoms with Crippen LogP contribution in [-0.2, 0) is 11.3 Å². The Kier molecular flexibility index (Phi) is 9.34. The van der Waals surface area contributed by atoms with Crippen LogP contribution in [0.1, 0.15) is 37.8 Å². The van der Waals surface area contributed by atoms with E-state index in [-0.39, 0.29) is 12.5 Å². The number of amides is 1. The molecule has 0 aliphatic heterocycles. The molecule has 0 radical (unpaired) electrons. The Morgan fingerprint density at radius 3 is 2.62 bits per heavy atom. The molecule has 24 heavy (non-hydrogen) atoms. The van der Waals surface area contributed by atoms with Gasteiger partial charge in [-0.1, -0.05) is 26.0 Å². The molecule has 3 N–H and O–H groups in total. The van der Waals surface area contributed by atoms with Gasteiger partial charge in [-0.05, 0) is 31.4 Å². The van der Waals surface area contributed by atoms with Crippen molar-refractivity contribution in [3.8, 4) is 5.75 Å². The van der Waals surface area contributed by atoms with Gasteiger partial charge < -0.3 is 20.7 Å². The van der Waals surface area contributed by atoms with Crippen molar-refractivity contribution in [2.24, 2.45) is 4.99 Å². The van der Waals surface area contributed by atoms with Gasteiger partial charge >= 0.3 is 0 Å². The predicted octanol–water partition coefficient (Wildman–Crippen LogP) is 1.98. The molecule has 0 bridgehead atoms. The summed E-state index contributed by atoms with van der Waals surface area (Å²) < 4.78 is 5.81. The molecule has 0 spiro atoms. The zero-order valence-corrected chi connectivity index (χ0v) is 15.2. The molecule has 0 aliphatic rings. The standard InChI is InChI=1S/C18H30N4O2/c1-5-9-20-17(23)13-22-18(19-4)21-12-15-8-7-14(3)11-16(15)24-10-6-2/h7-8,11H,5-6,9-10,12-13H2,1-4H3,(H,20,23)(H2,19,21,22). The summed E-state index contributed by atoms with van der Waals surface area (Å²) in [6.45, 7) is 8.32. The second-order valence-corrected chi connectivity index (χ2v) is 5.59. The lowest BCUT2D eigenvalue weighted by Crippen LogP contribution is -2.43. The summed E-state index contributed by atoms with van der Waals surface area (Å²) >= 11 is 0. The summed E-state index contributed by atoms with van der Waals surface area (Å²) in [7, 11) is 1.68. The third-order valence-electron chi connectivity index (χ3n) is 3.34. The highest BCUT2D eigenvalue weighted by molar-refractivity contribution is 5.86. The smallest absolute Gasteiger partial charge is 0.239 e. The third-order valence-corrected chi connectivity index (χ3v) is 3.34. The quantitative estimate of drug-likeness (QED) is 0.477. The largest absolute Gasteiger partial charge is 0.493 e. The van der Waals surface area contributed by atoms with Crippen LogP contribution in [0.3, 0.4) is 0 Å². The minimum Gasteiger partial charge on any atom is -0.493 e. The molecule has 0 saturated carbocycles. The summed E-state index contributed by atoms with van der Waals surface area (Å²) in [5, 5.41) is 9.04. The molecule has 0 fully saturated rings. The van der Waals surface area contributed by atoms with Crippen LogP contribution in [0.15, 0.2) is 23.2 Å². The first-order chi connectivity index (χ1) is 11.6. The molecular formula is C18H30N4O2. The van der Waals surface area contributed by atoms with Gasteiger partial charge in [-0.25, -0.2) is 0 Å². The first kappa shape index (κ1) is 19.8. The first-order valence-electron chi connectivity index (χ1n) is 8.54. The van der Waals surface area contributed by atoms with Crippen molar-refractivity contribution in [2.75, 3.05) is 26.7 Å². The molecule has 0 atom stereocenters. The number of carbonyl (C=O) groups is 1. The molecule has 0 heterocycles. The zero-order chi connectivity index (χ0) is 17.8. The SMILES string of the molecule is CCCNC(=O)CNC(=NC)NCc1ccc(C)cc1OCCC. The van der Waals surface area contributed by atoms with E-state index < -0.39 is 0 Å². The topological polar surface area (TPSA) is 74.8 Å². The van der Waals surface area contributed by atoms with E-state index in [1.165, 1.54) is 5.56 Å². The molecule has 1 rings (SSSR count). The van der Waals surface area contributed by atoms with Crippen LogP contribution in [-0.4, -0.2) is 38.6 Å². The van der Waals surface area contributed by atoms with E-state index in [4.69, 9.17) is 4.74 Å². The molecule has 6 heteroatoms. The fourth-order valence-corrected chi connectivity index (χ4v) is 2.04.